The molecule has 2 saturated heterocycles. The van der Waals surface area contributed by atoms with Crippen molar-refractivity contribution >= 4 is 5.96 Å². The fourth-order valence-corrected chi connectivity index (χ4v) is 3.62. The second-order valence-electron chi connectivity index (χ2n) is 7.53. The summed E-state index contributed by atoms with van der Waals surface area (Å²) in [6.45, 7) is 16.3. The van der Waals surface area contributed by atoms with Crippen LogP contribution in [-0.2, 0) is 4.74 Å². The van der Waals surface area contributed by atoms with Crippen molar-refractivity contribution in [1.82, 2.24) is 20.4 Å². The lowest BCUT2D eigenvalue weighted by Gasteiger charge is -2.34. The average molecular weight is 340 g/mol. The second kappa shape index (κ2) is 10.2. The molecule has 2 heterocycles. The van der Waals surface area contributed by atoms with E-state index in [1.165, 1.54) is 19.5 Å². The molecule has 140 valence electrons. The molecule has 2 rings (SSSR count). The van der Waals surface area contributed by atoms with Crippen molar-refractivity contribution in [2.45, 2.75) is 33.3 Å². The minimum atomic E-state index is 0.248. The lowest BCUT2D eigenvalue weighted by atomic mass is 10.1. The maximum absolute atomic E-state index is 5.90. The molecule has 0 spiro atoms. The van der Waals surface area contributed by atoms with Crippen molar-refractivity contribution in [3.8, 4) is 0 Å². The number of hydrogen-bond acceptors (Lipinski definition) is 4. The van der Waals surface area contributed by atoms with Crippen LogP contribution in [0.4, 0.5) is 0 Å². The zero-order valence-corrected chi connectivity index (χ0v) is 16.1. The van der Waals surface area contributed by atoms with E-state index >= 15 is 0 Å². The predicted octanol–water partition coefficient (Wildman–Crippen LogP) is 0.850. The number of nitrogens with one attached hydrogen (secondary N) is 2. The molecule has 0 aromatic rings. The summed E-state index contributed by atoms with van der Waals surface area (Å²) in [5.74, 6) is 2.34. The van der Waals surface area contributed by atoms with Gasteiger partial charge in [-0.2, -0.15) is 0 Å². The lowest BCUT2D eigenvalue weighted by molar-refractivity contribution is -0.0284. The Bertz CT molecular complexity index is 388. The van der Waals surface area contributed by atoms with E-state index in [9.17, 15) is 0 Å². The lowest BCUT2D eigenvalue weighted by Crippen LogP contribution is -2.50. The topological polar surface area (TPSA) is 52.1 Å². The van der Waals surface area contributed by atoms with E-state index in [-0.39, 0.29) is 6.10 Å². The number of morpholine rings is 1. The van der Waals surface area contributed by atoms with Gasteiger partial charge in [-0.15, -0.1) is 0 Å². The highest BCUT2D eigenvalue weighted by atomic mass is 16.5. The van der Waals surface area contributed by atoms with Crippen LogP contribution in [0.25, 0.3) is 0 Å². The molecular formula is C18H37N5O. The van der Waals surface area contributed by atoms with Crippen molar-refractivity contribution in [1.29, 1.82) is 0 Å². The molecule has 0 radical (unpaired) electrons. The van der Waals surface area contributed by atoms with E-state index in [1.807, 2.05) is 7.05 Å². The second-order valence-corrected chi connectivity index (χ2v) is 7.53. The number of ether oxygens (including phenoxy) is 1. The van der Waals surface area contributed by atoms with Gasteiger partial charge in [-0.3, -0.25) is 9.89 Å². The van der Waals surface area contributed by atoms with Gasteiger partial charge in [0.15, 0.2) is 5.96 Å². The van der Waals surface area contributed by atoms with E-state index in [0.29, 0.717) is 5.92 Å². The van der Waals surface area contributed by atoms with E-state index in [2.05, 4.69) is 46.2 Å². The number of hydrogen-bond donors (Lipinski definition) is 2. The molecule has 6 nitrogen and oxygen atoms in total. The number of rotatable bonds is 7. The molecule has 2 atom stereocenters. The fourth-order valence-electron chi connectivity index (χ4n) is 3.62. The Morgan fingerprint density at radius 3 is 2.62 bits per heavy atom. The van der Waals surface area contributed by atoms with Crippen LogP contribution in [-0.4, -0.2) is 87.9 Å². The summed E-state index contributed by atoms with van der Waals surface area (Å²) < 4.78 is 5.90. The summed E-state index contributed by atoms with van der Waals surface area (Å²) >= 11 is 0. The van der Waals surface area contributed by atoms with Crippen molar-refractivity contribution in [3.05, 3.63) is 0 Å². The maximum Gasteiger partial charge on any atom is 0.191 e. The Morgan fingerprint density at radius 2 is 1.96 bits per heavy atom. The standard InChI is InChI=1S/C18H37N5O/c1-5-22-7-6-16(13-22)10-20-18(19-4)21-11-17-14-23(8-9-24-17)12-15(2)3/h15-17H,5-14H2,1-4H3,(H2,19,20,21). The highest BCUT2D eigenvalue weighted by Crippen LogP contribution is 2.14. The Morgan fingerprint density at radius 1 is 1.17 bits per heavy atom. The van der Waals surface area contributed by atoms with Crippen molar-refractivity contribution in [3.63, 3.8) is 0 Å². The normalized spacial score (nSPS) is 27.0. The molecule has 0 aliphatic carbocycles. The quantitative estimate of drug-likeness (QED) is 0.532. The monoisotopic (exact) mass is 339 g/mol. The third-order valence-corrected chi connectivity index (χ3v) is 4.94. The number of aliphatic imine (C=N–C) groups is 1. The highest BCUT2D eigenvalue weighted by Gasteiger charge is 2.22. The van der Waals surface area contributed by atoms with E-state index in [4.69, 9.17) is 4.74 Å². The molecule has 2 N–H and O–H groups in total. The first kappa shape index (κ1) is 19.5. The third kappa shape index (κ3) is 6.57. The molecule has 0 bridgehead atoms. The minimum Gasteiger partial charge on any atom is -0.374 e. The van der Waals surface area contributed by atoms with Crippen LogP contribution < -0.4 is 10.6 Å². The first-order valence-corrected chi connectivity index (χ1v) is 9.61. The van der Waals surface area contributed by atoms with Gasteiger partial charge in [-0.25, -0.2) is 0 Å². The first-order valence-electron chi connectivity index (χ1n) is 9.61. The molecule has 0 aromatic carbocycles. The van der Waals surface area contributed by atoms with Gasteiger partial charge in [-0.05, 0) is 31.3 Å². The van der Waals surface area contributed by atoms with Gasteiger partial charge < -0.3 is 20.3 Å². The van der Waals surface area contributed by atoms with Gasteiger partial charge in [0, 0.05) is 46.3 Å². The Labute approximate surface area is 148 Å². The van der Waals surface area contributed by atoms with E-state index < -0.39 is 0 Å². The maximum atomic E-state index is 5.90. The summed E-state index contributed by atoms with van der Waals surface area (Å²) in [6, 6.07) is 0. The summed E-state index contributed by atoms with van der Waals surface area (Å²) in [6.07, 6.45) is 1.53. The number of guanidine groups is 1. The molecule has 0 saturated carbocycles. The Hall–Kier alpha value is -0.850. The van der Waals surface area contributed by atoms with E-state index in [0.717, 1.165) is 57.8 Å². The highest BCUT2D eigenvalue weighted by molar-refractivity contribution is 5.79. The average Bonchev–Trinajstić information content (AvgIpc) is 3.03. The van der Waals surface area contributed by atoms with Crippen LogP contribution in [0.3, 0.4) is 0 Å². The third-order valence-electron chi connectivity index (χ3n) is 4.94. The predicted molar refractivity (Wildman–Crippen MR) is 101 cm³/mol. The van der Waals surface area contributed by atoms with Crippen LogP contribution in [0.2, 0.25) is 0 Å². The van der Waals surface area contributed by atoms with Crippen LogP contribution in [0.15, 0.2) is 4.99 Å². The SMILES string of the molecule is CCN1CCC(CNC(=NC)NCC2CN(CC(C)C)CCO2)C1. The summed E-state index contributed by atoms with van der Waals surface area (Å²) in [7, 11) is 1.84. The zero-order chi connectivity index (χ0) is 17.4. The van der Waals surface area contributed by atoms with Gasteiger partial charge in [0.2, 0.25) is 0 Å². The van der Waals surface area contributed by atoms with Crippen molar-refractivity contribution in [2.24, 2.45) is 16.8 Å². The molecular weight excluding hydrogens is 302 g/mol. The first-order chi connectivity index (χ1) is 11.6. The number of nitrogens with zero attached hydrogens (tertiary/aromatic N) is 3. The molecule has 2 unspecified atom stereocenters. The van der Waals surface area contributed by atoms with Crippen LogP contribution >= 0.6 is 0 Å². The van der Waals surface area contributed by atoms with Gasteiger partial charge in [0.05, 0.1) is 12.7 Å². The van der Waals surface area contributed by atoms with Crippen molar-refractivity contribution in [2.75, 3.05) is 66.0 Å². The Kier molecular flexibility index (Phi) is 8.29. The van der Waals surface area contributed by atoms with E-state index in [1.54, 1.807) is 0 Å². The molecule has 24 heavy (non-hydrogen) atoms. The molecule has 2 fully saturated rings. The largest absolute Gasteiger partial charge is 0.374 e. The van der Waals surface area contributed by atoms with Gasteiger partial charge >= 0.3 is 0 Å². The van der Waals surface area contributed by atoms with Crippen LogP contribution in [0.5, 0.6) is 0 Å². The summed E-state index contributed by atoms with van der Waals surface area (Å²) in [5.41, 5.74) is 0. The molecule has 0 aromatic heterocycles. The molecule has 2 aliphatic rings. The van der Waals surface area contributed by atoms with Gasteiger partial charge in [-0.1, -0.05) is 20.8 Å². The van der Waals surface area contributed by atoms with Gasteiger partial charge in [0.25, 0.3) is 0 Å². The molecule has 2 aliphatic heterocycles. The smallest absolute Gasteiger partial charge is 0.191 e. The van der Waals surface area contributed by atoms with Crippen LogP contribution in [0.1, 0.15) is 27.2 Å². The Balaban J connectivity index is 1.66. The fraction of sp³-hybridized carbons (Fsp3) is 0.944. The van der Waals surface area contributed by atoms with Gasteiger partial charge in [0.1, 0.15) is 0 Å². The van der Waals surface area contributed by atoms with Crippen molar-refractivity contribution < 1.29 is 4.74 Å². The summed E-state index contributed by atoms with van der Waals surface area (Å²) in [4.78, 5) is 9.38. The molecule has 0 amide bonds. The summed E-state index contributed by atoms with van der Waals surface area (Å²) in [5, 5.41) is 6.92. The minimum absolute atomic E-state index is 0.248. The zero-order valence-electron chi connectivity index (χ0n) is 16.1. The van der Waals surface area contributed by atoms with Crippen LogP contribution in [0, 0.1) is 11.8 Å². The number of likely N-dealkylation sites (tertiary alicyclic amines) is 1. The molecule has 6 heteroatoms.